The summed E-state index contributed by atoms with van der Waals surface area (Å²) in [5.41, 5.74) is 8.30. The van der Waals surface area contributed by atoms with Gasteiger partial charge in [-0.2, -0.15) is 11.8 Å². The van der Waals surface area contributed by atoms with Gasteiger partial charge in [-0.25, -0.2) is 4.99 Å². The molecule has 0 spiro atoms. The zero-order chi connectivity index (χ0) is 57.2. The predicted octanol–water partition coefficient (Wildman–Crippen LogP) is 8.68. The molecule has 430 valence electrons. The number of ether oxygens (including phenoxy) is 7. The number of benzene rings is 5. The van der Waals surface area contributed by atoms with Gasteiger partial charge in [0.25, 0.3) is 23.6 Å². The number of nitrogens with zero attached hydrogens (tertiary/aromatic N) is 5. The number of hydroxylamine groups is 2. The molecule has 19 nitrogen and oxygen atoms in total. The van der Waals surface area contributed by atoms with Crippen molar-refractivity contribution in [1.29, 1.82) is 0 Å². The van der Waals surface area contributed by atoms with Crippen LogP contribution in [0.4, 0.5) is 28.4 Å². The highest BCUT2D eigenvalue weighted by Gasteiger charge is 2.45. The van der Waals surface area contributed by atoms with E-state index in [2.05, 4.69) is 50.7 Å². The van der Waals surface area contributed by atoms with Crippen molar-refractivity contribution < 1.29 is 62.0 Å². The third-order valence-corrected chi connectivity index (χ3v) is 16.8. The Bertz CT molecular complexity index is 3240. The molecule has 0 unspecified atom stereocenters. The van der Waals surface area contributed by atoms with Crippen LogP contribution in [-0.2, 0) is 54.6 Å². The molecule has 5 aliphatic rings. The number of carboxylic acids is 1. The third-order valence-electron chi connectivity index (χ3n) is 15.2. The monoisotopic (exact) mass is 1140 g/mol. The van der Waals surface area contributed by atoms with Crippen LogP contribution in [0.15, 0.2) is 103 Å². The van der Waals surface area contributed by atoms with E-state index in [0.29, 0.717) is 122 Å². The van der Waals surface area contributed by atoms with Crippen molar-refractivity contribution in [3.05, 3.63) is 131 Å². The highest BCUT2D eigenvalue weighted by molar-refractivity contribution is 8.01. The summed E-state index contributed by atoms with van der Waals surface area (Å²) in [4.78, 5) is 79.7. The number of rotatable bonds is 28. The lowest BCUT2D eigenvalue weighted by molar-refractivity contribution is -0.245. The van der Waals surface area contributed by atoms with E-state index in [1.807, 2.05) is 59.5 Å². The van der Waals surface area contributed by atoms with Crippen molar-refractivity contribution in [2.45, 2.75) is 75.4 Å². The summed E-state index contributed by atoms with van der Waals surface area (Å²) in [6, 6.07) is 28.9. The maximum atomic E-state index is 14.3. The van der Waals surface area contributed by atoms with E-state index in [4.69, 9.17) is 33.2 Å². The molecule has 0 bridgehead atoms. The van der Waals surface area contributed by atoms with Crippen molar-refractivity contribution >= 4 is 75.7 Å². The number of fused-ring (bicyclic) bond motifs is 5. The highest BCUT2D eigenvalue weighted by Crippen LogP contribution is 2.50. The summed E-state index contributed by atoms with van der Waals surface area (Å²) in [6.45, 7) is 8.31. The maximum absolute atomic E-state index is 14.3. The molecule has 1 aliphatic carbocycles. The van der Waals surface area contributed by atoms with Crippen LogP contribution in [-0.4, -0.2) is 142 Å². The lowest BCUT2D eigenvalue weighted by Crippen LogP contribution is -2.39. The topological polar surface area (TPSA) is 200 Å². The van der Waals surface area contributed by atoms with Crippen molar-refractivity contribution in [2.24, 2.45) is 4.99 Å². The zero-order valence-electron chi connectivity index (χ0n) is 46.6. The molecule has 4 heterocycles. The van der Waals surface area contributed by atoms with Gasteiger partial charge in [-0.3, -0.25) is 19.2 Å². The summed E-state index contributed by atoms with van der Waals surface area (Å²) in [5.74, 6) is 3.11. The Balaban J connectivity index is 0.924. The minimum Gasteiger partial charge on any atom is -0.493 e. The Hall–Kier alpha value is -7.87. The largest absolute Gasteiger partial charge is 0.544 e. The van der Waals surface area contributed by atoms with Gasteiger partial charge in [0.2, 0.25) is 0 Å². The molecule has 0 aromatic heterocycles. The Kier molecular flexibility index (Phi) is 18.4. The summed E-state index contributed by atoms with van der Waals surface area (Å²) in [6.07, 6.45) is 4.16. The lowest BCUT2D eigenvalue weighted by Gasteiger charge is -2.30. The number of para-hydroxylation sites is 2. The molecule has 1 saturated heterocycles. The summed E-state index contributed by atoms with van der Waals surface area (Å²) < 4.78 is 42.0. The van der Waals surface area contributed by atoms with E-state index < -0.39 is 17.8 Å². The molecule has 5 aromatic rings. The van der Waals surface area contributed by atoms with E-state index in [-0.39, 0.29) is 55.1 Å². The average Bonchev–Trinajstić information content (AvgIpc) is 3.91. The number of imide groups is 1. The minimum atomic E-state index is -0.493. The van der Waals surface area contributed by atoms with Gasteiger partial charge in [0.05, 0.1) is 75.8 Å². The number of carbonyl (C=O) groups excluding carboxylic acids is 4. The number of anilines is 4. The van der Waals surface area contributed by atoms with Crippen LogP contribution in [0.1, 0.15) is 81.5 Å². The molecule has 10 rings (SSSR count). The van der Waals surface area contributed by atoms with E-state index in [1.54, 1.807) is 49.1 Å². The number of hydrogen-bond acceptors (Lipinski definition) is 16. The second-order valence-electron chi connectivity index (χ2n) is 20.7. The SMILES string of the molecule is C=C=Nc1cc(OCc2cc(COc3cc4c(cc3OC)C(=O)N3c5ccccc5C[C@H]3CN4)cc(N(CCOCCOCCOC)CC3(SCCCC(=O)[OH+]N4C(=O)CCC4=O)CC3)c2)c(OC)cc1C(=O)N1CCc2ccccc21. The first kappa shape index (κ1) is 57.4. The molecular formula is C62H69N6O13S+. The fourth-order valence-corrected chi connectivity index (χ4v) is 12.2. The van der Waals surface area contributed by atoms with Crippen LogP contribution < -0.4 is 39.0 Å². The normalized spacial score (nSPS) is 16.3. The third kappa shape index (κ3) is 13.2. The number of carbonyl (C=O) groups is 5. The van der Waals surface area contributed by atoms with Gasteiger partial charge in [0.1, 0.15) is 19.6 Å². The maximum Gasteiger partial charge on any atom is 0.544 e. The second-order valence-corrected chi connectivity index (χ2v) is 22.2. The Morgan fingerprint density at radius 3 is 2.17 bits per heavy atom. The van der Waals surface area contributed by atoms with Gasteiger partial charge < -0.3 is 58.0 Å². The molecule has 1 atom stereocenters. The van der Waals surface area contributed by atoms with Crippen molar-refractivity contribution in [2.75, 3.05) is 106 Å². The van der Waals surface area contributed by atoms with Gasteiger partial charge in [-0.1, -0.05) is 41.5 Å². The summed E-state index contributed by atoms with van der Waals surface area (Å²) >= 11 is 1.80. The average molecular weight is 1140 g/mol. The van der Waals surface area contributed by atoms with E-state index >= 15 is 0 Å². The molecule has 2 fully saturated rings. The second kappa shape index (κ2) is 26.4. The Labute approximate surface area is 481 Å². The van der Waals surface area contributed by atoms with Gasteiger partial charge in [0, 0.05) is 84.9 Å². The number of nitrogens with one attached hydrogen (secondary N) is 1. The van der Waals surface area contributed by atoms with Crippen LogP contribution >= 0.6 is 11.8 Å². The summed E-state index contributed by atoms with van der Waals surface area (Å²) in [5, 5.41) is 4.25. The number of aliphatic carboxylic acids is 1. The van der Waals surface area contributed by atoms with E-state index in [9.17, 15) is 24.0 Å². The van der Waals surface area contributed by atoms with Crippen LogP contribution in [0, 0.1) is 0 Å². The quantitative estimate of drug-likeness (QED) is 0.0164. The zero-order valence-corrected chi connectivity index (χ0v) is 47.4. The van der Waals surface area contributed by atoms with Crippen molar-refractivity contribution in [1.82, 2.24) is 5.06 Å². The summed E-state index contributed by atoms with van der Waals surface area (Å²) in [7, 11) is 4.72. The van der Waals surface area contributed by atoms with Crippen LogP contribution in [0.2, 0.25) is 0 Å². The molecule has 20 heteroatoms. The predicted molar refractivity (Wildman–Crippen MR) is 312 cm³/mol. The molecule has 5 aromatic carbocycles. The van der Waals surface area contributed by atoms with Gasteiger partial charge in [0.15, 0.2) is 23.0 Å². The van der Waals surface area contributed by atoms with Crippen LogP contribution in [0.3, 0.4) is 0 Å². The molecule has 4 aliphatic heterocycles. The van der Waals surface area contributed by atoms with E-state index in [0.717, 1.165) is 65.0 Å². The number of amides is 4. The number of thioether (sulfide) groups is 1. The lowest BCUT2D eigenvalue weighted by atomic mass is 10.1. The molecule has 0 radical (unpaired) electrons. The van der Waals surface area contributed by atoms with Crippen molar-refractivity contribution in [3.8, 4) is 23.0 Å². The number of aliphatic imine (C=N–C) groups is 1. The van der Waals surface area contributed by atoms with Gasteiger partial charge in [-0.15, -0.1) is 0 Å². The Morgan fingerprint density at radius 2 is 1.46 bits per heavy atom. The standard InChI is InChI=1S/C62H68N6O13S/c1-5-63-49-35-55(53(75-3)33-47(49)60(72)66-21-18-43-11-6-8-13-51(43)66)79-38-41-29-42(39-80-56-36-50-48(34-54(56)76-4)61(73)67-46(37-64-50)32-44-12-7-9-14-52(44)67)31-45(30-41)65(22-23-77-26-27-78-25-24-74-2)40-62(19-20-62)82-28-10-15-59(71)81-68-57(69)16-17-58(68)70/h6-9,11-14,29-31,33-36,46,64H,1,10,15-28,32,37-40H2,2-4H3/p+1/t46-/m0/s1. The molecule has 82 heavy (non-hydrogen) atoms. The van der Waals surface area contributed by atoms with Gasteiger partial charge in [-0.05, 0) is 115 Å². The molecule has 2 N–H and O–H groups in total. The first-order chi connectivity index (χ1) is 40.0. The first-order valence-corrected chi connectivity index (χ1v) is 28.7. The highest BCUT2D eigenvalue weighted by atomic mass is 32.2. The Morgan fingerprint density at radius 1 is 0.793 bits per heavy atom. The van der Waals surface area contributed by atoms with Crippen LogP contribution in [0.5, 0.6) is 23.0 Å². The fourth-order valence-electron chi connectivity index (χ4n) is 10.8. The molecular weight excluding hydrogens is 1070 g/mol. The smallest absolute Gasteiger partial charge is 0.493 e. The van der Waals surface area contributed by atoms with Crippen LogP contribution in [0.25, 0.3) is 0 Å². The number of methoxy groups -OCH3 is 3. The van der Waals surface area contributed by atoms with E-state index in [1.165, 1.54) is 7.11 Å². The minimum absolute atomic E-state index is 0.0486. The fraction of sp³-hybridized carbons (Fsp3) is 0.403. The van der Waals surface area contributed by atoms with Crippen molar-refractivity contribution in [3.63, 3.8) is 0 Å². The number of hydrogen-bond donors (Lipinski definition) is 1. The van der Waals surface area contributed by atoms with Gasteiger partial charge >= 0.3 is 5.97 Å². The molecule has 1 saturated carbocycles. The molecule has 4 amide bonds. The first-order valence-electron chi connectivity index (χ1n) is 27.7.